The van der Waals surface area contributed by atoms with Gasteiger partial charge in [-0.1, -0.05) is 32.9 Å². The molecule has 1 aromatic rings. The average molecular weight is 277 g/mol. The number of para-hydroxylation sites is 1. The third-order valence-electron chi connectivity index (χ3n) is 2.30. The summed E-state index contributed by atoms with van der Waals surface area (Å²) in [6.45, 7) is 6.97. The third-order valence-corrected chi connectivity index (χ3v) is 3.11. The Kier molecular flexibility index (Phi) is 4.96. The summed E-state index contributed by atoms with van der Waals surface area (Å²) < 4.78 is 37.1. The summed E-state index contributed by atoms with van der Waals surface area (Å²) in [4.78, 5) is 0.221. The Bertz CT molecular complexity index is 383. The highest BCUT2D eigenvalue weighted by atomic mass is 32.2. The lowest BCUT2D eigenvalue weighted by atomic mass is 9.92. The Balaban J connectivity index is 2.65. The summed E-state index contributed by atoms with van der Waals surface area (Å²) >= 11 is -0.0772. The summed E-state index contributed by atoms with van der Waals surface area (Å²) in [5.41, 5.74) is -3.54. The topological polar surface area (TPSA) is 12.0 Å². The molecular formula is C13H18F3NS. The molecule has 0 heterocycles. The van der Waals surface area contributed by atoms with Gasteiger partial charge in [-0.3, -0.25) is 0 Å². The summed E-state index contributed by atoms with van der Waals surface area (Å²) in [6.07, 6.45) is 0.901. The fraction of sp³-hybridized carbons (Fsp3) is 0.538. The van der Waals surface area contributed by atoms with Crippen molar-refractivity contribution in [1.82, 2.24) is 0 Å². The molecule has 5 heteroatoms. The van der Waals surface area contributed by atoms with E-state index in [0.29, 0.717) is 12.2 Å². The van der Waals surface area contributed by atoms with Gasteiger partial charge in [0.15, 0.2) is 0 Å². The van der Waals surface area contributed by atoms with Crippen molar-refractivity contribution >= 4 is 17.4 Å². The molecule has 0 unspecified atom stereocenters. The molecule has 0 radical (unpaired) electrons. The van der Waals surface area contributed by atoms with Gasteiger partial charge in [0.05, 0.1) is 0 Å². The standard InChI is InChI=1S/C13H18F3NS/c1-12(2,3)8-9-17-10-6-4-5-7-11(10)18-13(14,15)16/h4-7,17H,8-9H2,1-3H3. The second-order valence-electron chi connectivity index (χ2n) is 5.28. The quantitative estimate of drug-likeness (QED) is 0.764. The minimum Gasteiger partial charge on any atom is -0.384 e. The van der Waals surface area contributed by atoms with E-state index in [4.69, 9.17) is 0 Å². The smallest absolute Gasteiger partial charge is 0.384 e. The Morgan fingerprint density at radius 1 is 1.11 bits per heavy atom. The largest absolute Gasteiger partial charge is 0.446 e. The van der Waals surface area contributed by atoms with E-state index in [1.165, 1.54) is 6.07 Å². The molecule has 0 bridgehead atoms. The number of halogens is 3. The zero-order chi connectivity index (χ0) is 13.8. The van der Waals surface area contributed by atoms with E-state index in [0.717, 1.165) is 6.42 Å². The van der Waals surface area contributed by atoms with Crippen LogP contribution in [-0.4, -0.2) is 12.1 Å². The fourth-order valence-electron chi connectivity index (χ4n) is 1.40. The van der Waals surface area contributed by atoms with Crippen LogP contribution < -0.4 is 5.32 Å². The molecule has 0 aliphatic heterocycles. The van der Waals surface area contributed by atoms with Crippen LogP contribution in [0.2, 0.25) is 0 Å². The van der Waals surface area contributed by atoms with E-state index in [1.807, 2.05) is 0 Å². The summed E-state index contributed by atoms with van der Waals surface area (Å²) in [5, 5.41) is 3.07. The molecule has 0 aliphatic carbocycles. The van der Waals surface area contributed by atoms with E-state index in [1.54, 1.807) is 18.2 Å². The molecule has 0 fully saturated rings. The average Bonchev–Trinajstić information content (AvgIpc) is 2.16. The van der Waals surface area contributed by atoms with E-state index in [9.17, 15) is 13.2 Å². The zero-order valence-electron chi connectivity index (χ0n) is 10.8. The Morgan fingerprint density at radius 3 is 2.28 bits per heavy atom. The second kappa shape index (κ2) is 5.87. The molecule has 0 aliphatic rings. The van der Waals surface area contributed by atoms with Gasteiger partial charge in [0.25, 0.3) is 0 Å². The summed E-state index contributed by atoms with van der Waals surface area (Å²) in [6, 6.07) is 6.51. The molecule has 0 saturated carbocycles. The van der Waals surface area contributed by atoms with Crippen LogP contribution in [-0.2, 0) is 0 Å². The lowest BCUT2D eigenvalue weighted by Gasteiger charge is -2.19. The van der Waals surface area contributed by atoms with Crippen LogP contribution in [0.4, 0.5) is 18.9 Å². The lowest BCUT2D eigenvalue weighted by molar-refractivity contribution is -0.0327. The van der Waals surface area contributed by atoms with Gasteiger partial charge in [-0.2, -0.15) is 13.2 Å². The summed E-state index contributed by atoms with van der Waals surface area (Å²) in [7, 11) is 0. The van der Waals surface area contributed by atoms with Crippen molar-refractivity contribution in [3.05, 3.63) is 24.3 Å². The van der Waals surface area contributed by atoms with E-state index in [-0.39, 0.29) is 22.1 Å². The van der Waals surface area contributed by atoms with Gasteiger partial charge < -0.3 is 5.32 Å². The number of nitrogens with one attached hydrogen (secondary N) is 1. The van der Waals surface area contributed by atoms with Crippen molar-refractivity contribution in [3.8, 4) is 0 Å². The van der Waals surface area contributed by atoms with Crippen LogP contribution in [0.15, 0.2) is 29.2 Å². The minimum absolute atomic E-state index is 0.0772. The van der Waals surface area contributed by atoms with Crippen LogP contribution in [0.5, 0.6) is 0 Å². The number of benzene rings is 1. The lowest BCUT2D eigenvalue weighted by Crippen LogP contribution is -2.13. The van der Waals surface area contributed by atoms with Gasteiger partial charge in [0.2, 0.25) is 0 Å². The third kappa shape index (κ3) is 6.19. The Labute approximate surface area is 110 Å². The molecule has 0 spiro atoms. The van der Waals surface area contributed by atoms with Gasteiger partial charge in [0, 0.05) is 17.1 Å². The van der Waals surface area contributed by atoms with Crippen LogP contribution in [0.25, 0.3) is 0 Å². The molecule has 0 aromatic heterocycles. The van der Waals surface area contributed by atoms with Crippen LogP contribution in [0.3, 0.4) is 0 Å². The van der Waals surface area contributed by atoms with Gasteiger partial charge in [-0.05, 0) is 35.7 Å². The van der Waals surface area contributed by atoms with Crippen molar-refractivity contribution in [2.24, 2.45) is 5.41 Å². The van der Waals surface area contributed by atoms with Gasteiger partial charge in [-0.25, -0.2) is 0 Å². The predicted molar refractivity (Wildman–Crippen MR) is 70.9 cm³/mol. The normalized spacial score (nSPS) is 12.6. The molecule has 0 saturated heterocycles. The van der Waals surface area contributed by atoms with E-state index < -0.39 is 5.51 Å². The molecule has 0 amide bonds. The number of hydrogen-bond acceptors (Lipinski definition) is 2. The molecule has 18 heavy (non-hydrogen) atoms. The van der Waals surface area contributed by atoms with E-state index >= 15 is 0 Å². The highest BCUT2D eigenvalue weighted by Gasteiger charge is 2.30. The van der Waals surface area contributed by atoms with Gasteiger partial charge in [0.1, 0.15) is 0 Å². The molecule has 1 N–H and O–H groups in total. The molecule has 1 aromatic carbocycles. The second-order valence-corrected chi connectivity index (χ2v) is 6.39. The SMILES string of the molecule is CC(C)(C)CCNc1ccccc1SC(F)(F)F. The molecule has 1 nitrogen and oxygen atoms in total. The van der Waals surface area contributed by atoms with Crippen molar-refractivity contribution in [2.75, 3.05) is 11.9 Å². The Morgan fingerprint density at radius 2 is 1.72 bits per heavy atom. The first-order chi connectivity index (χ1) is 8.17. The first-order valence-electron chi connectivity index (χ1n) is 5.76. The number of thioether (sulfide) groups is 1. The van der Waals surface area contributed by atoms with Crippen LogP contribution in [0, 0.1) is 5.41 Å². The minimum atomic E-state index is -4.25. The number of hydrogen-bond donors (Lipinski definition) is 1. The monoisotopic (exact) mass is 277 g/mol. The summed E-state index contributed by atoms with van der Waals surface area (Å²) in [5.74, 6) is 0. The fourth-order valence-corrected chi connectivity index (χ4v) is 2.04. The molecule has 0 atom stereocenters. The highest BCUT2D eigenvalue weighted by Crippen LogP contribution is 2.40. The van der Waals surface area contributed by atoms with Crippen molar-refractivity contribution < 1.29 is 13.2 Å². The van der Waals surface area contributed by atoms with Crippen LogP contribution in [0.1, 0.15) is 27.2 Å². The van der Waals surface area contributed by atoms with Gasteiger partial charge >= 0.3 is 5.51 Å². The maximum Gasteiger partial charge on any atom is 0.446 e. The van der Waals surface area contributed by atoms with Gasteiger partial charge in [-0.15, -0.1) is 0 Å². The Hall–Kier alpha value is -0.840. The number of anilines is 1. The maximum absolute atomic E-state index is 12.4. The maximum atomic E-state index is 12.4. The van der Waals surface area contributed by atoms with Crippen molar-refractivity contribution in [3.63, 3.8) is 0 Å². The number of rotatable bonds is 4. The van der Waals surface area contributed by atoms with Crippen LogP contribution >= 0.6 is 11.8 Å². The molecule has 102 valence electrons. The molecular weight excluding hydrogens is 259 g/mol. The first-order valence-corrected chi connectivity index (χ1v) is 6.58. The number of alkyl halides is 3. The predicted octanol–water partition coefficient (Wildman–Crippen LogP) is 5.15. The molecule has 1 rings (SSSR count). The van der Waals surface area contributed by atoms with Crippen molar-refractivity contribution in [2.45, 2.75) is 37.6 Å². The highest BCUT2D eigenvalue weighted by molar-refractivity contribution is 8.00. The first kappa shape index (κ1) is 15.2. The van der Waals surface area contributed by atoms with Crippen molar-refractivity contribution in [1.29, 1.82) is 0 Å². The van der Waals surface area contributed by atoms with E-state index in [2.05, 4.69) is 26.1 Å². The zero-order valence-corrected chi connectivity index (χ0v) is 11.6.